The van der Waals surface area contributed by atoms with Crippen LogP contribution in [0.3, 0.4) is 0 Å². The molecule has 2 N–H and O–H groups in total. The number of nitrogens with one attached hydrogen (secondary N) is 2. The largest absolute Gasteiger partial charge is 0.363 e. The van der Waals surface area contributed by atoms with Crippen LogP contribution in [0.25, 0.3) is 0 Å². The maximum Gasteiger partial charge on any atom is 0.267 e. The van der Waals surface area contributed by atoms with Crippen LogP contribution in [-0.2, 0) is 0 Å². The van der Waals surface area contributed by atoms with E-state index in [1.807, 2.05) is 20.8 Å². The van der Waals surface area contributed by atoms with Gasteiger partial charge in [-0.2, -0.15) is 0 Å². The van der Waals surface area contributed by atoms with Crippen LogP contribution in [0.15, 0.2) is 15.6 Å². The topological polar surface area (TPSA) is 57.8 Å². The van der Waals surface area contributed by atoms with Crippen LogP contribution < -0.4 is 10.9 Å². The minimum atomic E-state index is -0.342. The van der Waals surface area contributed by atoms with E-state index in [1.165, 1.54) is 6.33 Å². The van der Waals surface area contributed by atoms with Crippen molar-refractivity contribution in [1.29, 1.82) is 0 Å². The van der Waals surface area contributed by atoms with Crippen molar-refractivity contribution in [3.05, 3.63) is 21.2 Å². The SMILES string of the molecule is CC(Cl)C(C)(C)Nc1nc[nH]c(=O)c1Br. The average Bonchev–Trinajstić information content (AvgIpc) is 2.12. The second-order valence-corrected chi connectivity index (χ2v) is 5.30. The Morgan fingerprint density at radius 1 is 1.67 bits per heavy atom. The molecule has 0 saturated carbocycles. The molecule has 0 amide bonds. The van der Waals surface area contributed by atoms with Gasteiger partial charge in [0.1, 0.15) is 10.3 Å². The molecule has 0 bridgehead atoms. The first kappa shape index (κ1) is 12.5. The lowest BCUT2D eigenvalue weighted by atomic mass is 10.0. The second kappa shape index (κ2) is 4.53. The Labute approximate surface area is 102 Å². The van der Waals surface area contributed by atoms with E-state index in [2.05, 4.69) is 31.2 Å². The first-order valence-electron chi connectivity index (χ1n) is 4.50. The number of H-pyrrole nitrogens is 1. The number of anilines is 1. The van der Waals surface area contributed by atoms with Crippen LogP contribution in [0.5, 0.6) is 0 Å². The van der Waals surface area contributed by atoms with Crippen molar-refractivity contribution >= 4 is 33.3 Å². The van der Waals surface area contributed by atoms with Crippen LogP contribution in [0, 0.1) is 0 Å². The van der Waals surface area contributed by atoms with Crippen molar-refractivity contribution in [3.63, 3.8) is 0 Å². The molecule has 0 aliphatic rings. The molecule has 6 heteroatoms. The molecule has 0 spiro atoms. The molecular weight excluding hydrogens is 281 g/mol. The zero-order valence-corrected chi connectivity index (χ0v) is 11.1. The van der Waals surface area contributed by atoms with Gasteiger partial charge in [0, 0.05) is 5.54 Å². The second-order valence-electron chi connectivity index (χ2n) is 3.86. The standard InChI is InChI=1S/C9H13BrClN3O/c1-5(11)9(2,3)14-7-6(10)8(15)13-4-12-7/h4-5H,1-3H3,(H2,12,13,14,15). The van der Waals surface area contributed by atoms with Crippen molar-refractivity contribution in [3.8, 4) is 0 Å². The van der Waals surface area contributed by atoms with E-state index >= 15 is 0 Å². The Kier molecular flexibility index (Phi) is 3.78. The summed E-state index contributed by atoms with van der Waals surface area (Å²) < 4.78 is 0.385. The van der Waals surface area contributed by atoms with Gasteiger partial charge in [0.25, 0.3) is 5.56 Å². The highest BCUT2D eigenvalue weighted by molar-refractivity contribution is 9.10. The zero-order valence-electron chi connectivity index (χ0n) is 8.77. The van der Waals surface area contributed by atoms with Crippen LogP contribution in [-0.4, -0.2) is 20.9 Å². The van der Waals surface area contributed by atoms with Crippen molar-refractivity contribution in [2.45, 2.75) is 31.7 Å². The number of aromatic nitrogens is 2. The van der Waals surface area contributed by atoms with Crippen molar-refractivity contribution in [2.75, 3.05) is 5.32 Å². The van der Waals surface area contributed by atoms with Gasteiger partial charge in [0.05, 0.1) is 11.7 Å². The summed E-state index contributed by atoms with van der Waals surface area (Å²) >= 11 is 9.19. The number of hydrogen-bond donors (Lipinski definition) is 2. The maximum absolute atomic E-state index is 11.3. The lowest BCUT2D eigenvalue weighted by Gasteiger charge is -2.29. The number of aromatic amines is 1. The van der Waals surface area contributed by atoms with Gasteiger partial charge in [-0.15, -0.1) is 11.6 Å². The third-order valence-corrected chi connectivity index (χ3v) is 3.51. The summed E-state index contributed by atoms with van der Waals surface area (Å²) in [5, 5.41) is 3.02. The molecule has 1 unspecified atom stereocenters. The predicted octanol–water partition coefficient (Wildman–Crippen LogP) is 2.35. The highest BCUT2D eigenvalue weighted by Gasteiger charge is 2.25. The van der Waals surface area contributed by atoms with E-state index in [-0.39, 0.29) is 16.5 Å². The maximum atomic E-state index is 11.3. The molecule has 0 saturated heterocycles. The molecule has 0 aliphatic carbocycles. The minimum absolute atomic E-state index is 0.0921. The Hall–Kier alpha value is -0.550. The molecule has 1 aromatic rings. The van der Waals surface area contributed by atoms with Gasteiger partial charge in [-0.3, -0.25) is 4.79 Å². The van der Waals surface area contributed by atoms with Crippen LogP contribution >= 0.6 is 27.5 Å². The number of rotatable bonds is 3. The number of halogens is 2. The number of alkyl halides is 1. The van der Waals surface area contributed by atoms with Crippen LogP contribution in [0.1, 0.15) is 20.8 Å². The summed E-state index contributed by atoms with van der Waals surface area (Å²) in [6.07, 6.45) is 1.35. The van der Waals surface area contributed by atoms with Gasteiger partial charge in [0.2, 0.25) is 0 Å². The highest BCUT2D eigenvalue weighted by atomic mass is 79.9. The van der Waals surface area contributed by atoms with Crippen molar-refractivity contribution in [2.24, 2.45) is 0 Å². The van der Waals surface area contributed by atoms with Gasteiger partial charge in [-0.1, -0.05) is 0 Å². The molecule has 0 radical (unpaired) electrons. The molecular formula is C9H13BrClN3O. The summed E-state index contributed by atoms with van der Waals surface area (Å²) in [7, 11) is 0. The normalized spacial score (nSPS) is 13.7. The fourth-order valence-electron chi connectivity index (χ4n) is 0.875. The molecule has 4 nitrogen and oxygen atoms in total. The Balaban J connectivity index is 3.00. The number of nitrogens with zero attached hydrogens (tertiary/aromatic N) is 1. The molecule has 0 fully saturated rings. The third-order valence-electron chi connectivity index (χ3n) is 2.23. The summed E-state index contributed by atoms with van der Waals surface area (Å²) in [6, 6.07) is 0. The molecule has 0 aliphatic heterocycles. The summed E-state index contributed by atoms with van der Waals surface area (Å²) in [6.45, 7) is 5.77. The van der Waals surface area contributed by atoms with E-state index in [4.69, 9.17) is 11.6 Å². The molecule has 0 aromatic carbocycles. The van der Waals surface area contributed by atoms with E-state index in [9.17, 15) is 4.79 Å². The van der Waals surface area contributed by atoms with Crippen molar-refractivity contribution in [1.82, 2.24) is 9.97 Å². The first-order chi connectivity index (χ1) is 6.84. The first-order valence-corrected chi connectivity index (χ1v) is 5.73. The minimum Gasteiger partial charge on any atom is -0.363 e. The van der Waals surface area contributed by atoms with Crippen LogP contribution in [0.4, 0.5) is 5.82 Å². The fraction of sp³-hybridized carbons (Fsp3) is 0.556. The van der Waals surface area contributed by atoms with Crippen molar-refractivity contribution < 1.29 is 0 Å². The van der Waals surface area contributed by atoms with E-state index in [1.54, 1.807) is 0 Å². The molecule has 1 heterocycles. The van der Waals surface area contributed by atoms with Gasteiger partial charge < -0.3 is 10.3 Å². The summed E-state index contributed by atoms with van der Waals surface area (Å²) in [5.41, 5.74) is -0.559. The molecule has 84 valence electrons. The predicted molar refractivity (Wildman–Crippen MR) is 65.6 cm³/mol. The van der Waals surface area contributed by atoms with Gasteiger partial charge >= 0.3 is 0 Å². The lowest BCUT2D eigenvalue weighted by molar-refractivity contribution is 0.552. The molecule has 1 aromatic heterocycles. The molecule has 15 heavy (non-hydrogen) atoms. The lowest BCUT2D eigenvalue weighted by Crippen LogP contribution is -2.39. The monoisotopic (exact) mass is 293 g/mol. The zero-order chi connectivity index (χ0) is 11.6. The van der Waals surface area contributed by atoms with Gasteiger partial charge in [-0.25, -0.2) is 4.98 Å². The van der Waals surface area contributed by atoms with E-state index in [0.29, 0.717) is 10.3 Å². The average molecular weight is 295 g/mol. The third kappa shape index (κ3) is 2.95. The quantitative estimate of drug-likeness (QED) is 0.841. The Morgan fingerprint density at radius 3 is 2.80 bits per heavy atom. The Morgan fingerprint density at radius 2 is 2.27 bits per heavy atom. The van der Waals surface area contributed by atoms with Gasteiger partial charge in [0.15, 0.2) is 0 Å². The summed E-state index contributed by atoms with van der Waals surface area (Å²) in [5.74, 6) is 0.497. The number of hydrogen-bond acceptors (Lipinski definition) is 3. The van der Waals surface area contributed by atoms with Crippen LogP contribution in [0.2, 0.25) is 0 Å². The Bertz CT molecular complexity index is 403. The molecule has 1 rings (SSSR count). The van der Waals surface area contributed by atoms with Gasteiger partial charge in [-0.05, 0) is 36.7 Å². The molecule has 1 atom stereocenters. The van der Waals surface area contributed by atoms with E-state index < -0.39 is 0 Å². The van der Waals surface area contributed by atoms with E-state index in [0.717, 1.165) is 0 Å². The highest BCUT2D eigenvalue weighted by Crippen LogP contribution is 2.23. The fourth-order valence-corrected chi connectivity index (χ4v) is 1.25. The summed E-state index contributed by atoms with van der Waals surface area (Å²) in [4.78, 5) is 17.8. The smallest absolute Gasteiger partial charge is 0.267 e.